The summed E-state index contributed by atoms with van der Waals surface area (Å²) in [5.41, 5.74) is 4.87. The van der Waals surface area contributed by atoms with Crippen molar-refractivity contribution in [2.75, 3.05) is 0 Å². The average molecular weight is 263 g/mol. The van der Waals surface area contributed by atoms with Crippen LogP contribution in [0, 0.1) is 18.3 Å². The molecule has 0 saturated heterocycles. The van der Waals surface area contributed by atoms with Gasteiger partial charge in [-0.05, 0) is 25.5 Å². The Kier molecular flexibility index (Phi) is 2.92. The van der Waals surface area contributed by atoms with Gasteiger partial charge in [0.15, 0.2) is 5.65 Å². The van der Waals surface area contributed by atoms with E-state index < -0.39 is 0 Å². The fourth-order valence-corrected chi connectivity index (χ4v) is 2.37. The molecule has 0 radical (unpaired) electrons. The lowest BCUT2D eigenvalue weighted by molar-refractivity contribution is 0.874. The lowest BCUT2D eigenvalue weighted by atomic mass is 10.1. The molecule has 0 bridgehead atoms. The average Bonchev–Trinajstić information content (AvgIpc) is 2.91. The van der Waals surface area contributed by atoms with Crippen LogP contribution in [0.4, 0.5) is 0 Å². The van der Waals surface area contributed by atoms with Crippen LogP contribution < -0.4 is 0 Å². The highest BCUT2D eigenvalue weighted by atomic mass is 15.3. The zero-order chi connectivity index (χ0) is 14.1. The van der Waals surface area contributed by atoms with Crippen LogP contribution in [0.1, 0.15) is 23.9 Å². The maximum atomic E-state index is 9.11. The fraction of sp³-hybridized carbons (Fsp3) is 0.200. The first-order chi connectivity index (χ1) is 9.76. The number of nitriles is 1. The maximum Gasteiger partial charge on any atom is 0.173 e. The van der Waals surface area contributed by atoms with Crippen molar-refractivity contribution in [1.82, 2.24) is 19.6 Å². The third kappa shape index (κ3) is 1.74. The molecular weight excluding hydrogens is 250 g/mol. The van der Waals surface area contributed by atoms with E-state index in [1.165, 1.54) is 0 Å². The van der Waals surface area contributed by atoms with Crippen molar-refractivity contribution in [3.8, 4) is 17.3 Å². The molecule has 3 rings (SSSR count). The summed E-state index contributed by atoms with van der Waals surface area (Å²) < 4.78 is 1.71. The number of fused-ring (bicyclic) bond motifs is 1. The molecule has 0 saturated carbocycles. The van der Waals surface area contributed by atoms with E-state index in [9.17, 15) is 0 Å². The van der Waals surface area contributed by atoms with Crippen molar-refractivity contribution in [3.63, 3.8) is 0 Å². The summed E-state index contributed by atoms with van der Waals surface area (Å²) in [6, 6.07) is 7.93. The summed E-state index contributed by atoms with van der Waals surface area (Å²) in [6.07, 6.45) is 4.10. The number of rotatable bonds is 2. The molecule has 20 heavy (non-hydrogen) atoms. The van der Waals surface area contributed by atoms with Gasteiger partial charge in [0, 0.05) is 11.8 Å². The second-order valence-electron chi connectivity index (χ2n) is 4.49. The number of aromatic nitrogens is 4. The van der Waals surface area contributed by atoms with Gasteiger partial charge in [-0.25, -0.2) is 9.50 Å². The monoisotopic (exact) mass is 263 g/mol. The fourth-order valence-electron chi connectivity index (χ4n) is 2.37. The Bertz CT molecular complexity index is 812. The minimum atomic E-state index is 0.496. The van der Waals surface area contributed by atoms with Gasteiger partial charge in [0.05, 0.1) is 23.3 Å². The summed E-state index contributed by atoms with van der Waals surface area (Å²) in [7, 11) is 0. The molecule has 5 heteroatoms. The number of hydrogen-bond acceptors (Lipinski definition) is 4. The number of hydrogen-bond donors (Lipinski definition) is 0. The van der Waals surface area contributed by atoms with Gasteiger partial charge < -0.3 is 0 Å². The van der Waals surface area contributed by atoms with E-state index in [1.54, 1.807) is 16.9 Å². The van der Waals surface area contributed by atoms with Crippen LogP contribution >= 0.6 is 0 Å². The zero-order valence-corrected chi connectivity index (χ0v) is 11.3. The summed E-state index contributed by atoms with van der Waals surface area (Å²) in [6.45, 7) is 4.03. The van der Waals surface area contributed by atoms with E-state index in [1.807, 2.05) is 32.0 Å². The van der Waals surface area contributed by atoms with Gasteiger partial charge in [0.2, 0.25) is 0 Å². The lowest BCUT2D eigenvalue weighted by Crippen LogP contribution is -2.05. The summed E-state index contributed by atoms with van der Waals surface area (Å²) in [5.74, 6) is 0. The molecule has 0 spiro atoms. The predicted octanol–water partition coefficient (Wildman–Crippen LogP) is 2.53. The Morgan fingerprint density at radius 2 is 2.20 bits per heavy atom. The van der Waals surface area contributed by atoms with E-state index in [4.69, 9.17) is 5.26 Å². The van der Waals surface area contributed by atoms with Crippen LogP contribution in [0.3, 0.4) is 0 Å². The highest BCUT2D eigenvalue weighted by Crippen LogP contribution is 2.26. The Hall–Kier alpha value is -2.74. The van der Waals surface area contributed by atoms with Crippen LogP contribution in [0.5, 0.6) is 0 Å². The van der Waals surface area contributed by atoms with Gasteiger partial charge in [0.1, 0.15) is 11.6 Å². The Morgan fingerprint density at radius 3 is 2.85 bits per heavy atom. The molecule has 0 fully saturated rings. The first-order valence-electron chi connectivity index (χ1n) is 6.45. The second kappa shape index (κ2) is 4.74. The standard InChI is InChI=1S/C15H13N5/c1-3-12-14(13-6-4-5-7-17-13)10(2)20-15(19-12)11(8-16)9-18-20/h4-7,9H,3H2,1-2H3. The van der Waals surface area contributed by atoms with Crippen molar-refractivity contribution in [2.24, 2.45) is 0 Å². The normalized spacial score (nSPS) is 10.7. The van der Waals surface area contributed by atoms with Gasteiger partial charge in [-0.2, -0.15) is 10.4 Å². The maximum absolute atomic E-state index is 9.11. The third-order valence-corrected chi connectivity index (χ3v) is 3.33. The van der Waals surface area contributed by atoms with E-state index >= 15 is 0 Å². The van der Waals surface area contributed by atoms with Gasteiger partial charge >= 0.3 is 0 Å². The van der Waals surface area contributed by atoms with E-state index in [0.717, 1.165) is 29.1 Å². The van der Waals surface area contributed by atoms with Crippen LogP contribution in [-0.4, -0.2) is 19.6 Å². The highest BCUT2D eigenvalue weighted by molar-refractivity contribution is 5.68. The summed E-state index contributed by atoms with van der Waals surface area (Å²) >= 11 is 0. The van der Waals surface area contributed by atoms with E-state index in [2.05, 4.69) is 21.1 Å². The second-order valence-corrected chi connectivity index (χ2v) is 4.49. The van der Waals surface area contributed by atoms with Crippen molar-refractivity contribution in [3.05, 3.63) is 47.5 Å². The molecule has 0 aliphatic carbocycles. The highest BCUT2D eigenvalue weighted by Gasteiger charge is 2.16. The van der Waals surface area contributed by atoms with E-state index in [0.29, 0.717) is 11.2 Å². The minimum absolute atomic E-state index is 0.496. The van der Waals surface area contributed by atoms with Crippen molar-refractivity contribution in [1.29, 1.82) is 5.26 Å². The molecule has 0 unspecified atom stereocenters. The first kappa shape index (κ1) is 12.3. The van der Waals surface area contributed by atoms with Crippen LogP contribution in [0.15, 0.2) is 30.6 Å². The van der Waals surface area contributed by atoms with Crippen LogP contribution in [0.2, 0.25) is 0 Å². The Labute approximate surface area is 116 Å². The molecule has 0 atom stereocenters. The minimum Gasteiger partial charge on any atom is -0.256 e. The molecule has 0 N–H and O–H groups in total. The number of nitrogens with zero attached hydrogens (tertiary/aromatic N) is 5. The van der Waals surface area contributed by atoms with Gasteiger partial charge in [0.25, 0.3) is 0 Å². The number of aryl methyl sites for hydroxylation is 2. The van der Waals surface area contributed by atoms with Gasteiger partial charge in [-0.1, -0.05) is 13.0 Å². The smallest absolute Gasteiger partial charge is 0.173 e. The molecule has 5 nitrogen and oxygen atoms in total. The SMILES string of the molecule is CCc1nc2c(C#N)cnn2c(C)c1-c1ccccn1. The van der Waals surface area contributed by atoms with Crippen molar-refractivity contribution >= 4 is 5.65 Å². The Morgan fingerprint density at radius 1 is 1.35 bits per heavy atom. The molecule has 3 aromatic rings. The molecular formula is C15H13N5. The van der Waals surface area contributed by atoms with Crippen molar-refractivity contribution < 1.29 is 0 Å². The molecule has 3 aromatic heterocycles. The molecule has 98 valence electrons. The molecule has 0 amide bonds. The molecule has 0 aliphatic rings. The van der Waals surface area contributed by atoms with Crippen LogP contribution in [-0.2, 0) is 6.42 Å². The summed E-state index contributed by atoms with van der Waals surface area (Å²) in [4.78, 5) is 9.01. The van der Waals surface area contributed by atoms with Gasteiger partial charge in [-0.3, -0.25) is 4.98 Å². The first-order valence-corrected chi connectivity index (χ1v) is 6.45. The molecule has 0 aliphatic heterocycles. The Balaban J connectivity index is 2.38. The predicted molar refractivity (Wildman–Crippen MR) is 75.0 cm³/mol. The number of pyridine rings is 1. The van der Waals surface area contributed by atoms with Crippen LogP contribution in [0.25, 0.3) is 16.9 Å². The quantitative estimate of drug-likeness (QED) is 0.712. The van der Waals surface area contributed by atoms with Gasteiger partial charge in [-0.15, -0.1) is 0 Å². The van der Waals surface area contributed by atoms with E-state index in [-0.39, 0.29) is 0 Å². The lowest BCUT2D eigenvalue weighted by Gasteiger charge is -2.11. The molecule has 0 aromatic carbocycles. The largest absolute Gasteiger partial charge is 0.256 e. The zero-order valence-electron chi connectivity index (χ0n) is 11.3. The topological polar surface area (TPSA) is 66.9 Å². The van der Waals surface area contributed by atoms with Crippen molar-refractivity contribution in [2.45, 2.75) is 20.3 Å². The third-order valence-electron chi connectivity index (χ3n) is 3.33. The molecule has 3 heterocycles. The summed E-state index contributed by atoms with van der Waals surface area (Å²) in [5, 5.41) is 13.4.